The number of carbonyl (C=O) groups is 1. The van der Waals surface area contributed by atoms with Gasteiger partial charge in [0.1, 0.15) is 36.3 Å². The molecule has 1 aliphatic carbocycles. The molecule has 236 valence electrons. The van der Waals surface area contributed by atoms with Crippen LogP contribution in [0.1, 0.15) is 29.2 Å². The molecule has 8 heteroatoms. The van der Waals surface area contributed by atoms with Gasteiger partial charge in [0, 0.05) is 6.92 Å². The molecule has 0 amide bonds. The van der Waals surface area contributed by atoms with Crippen molar-refractivity contribution in [1.29, 1.82) is 0 Å². The zero-order valence-corrected chi connectivity index (χ0v) is 25.6. The third-order valence-electron chi connectivity index (χ3n) is 7.73. The van der Waals surface area contributed by atoms with Gasteiger partial charge >= 0.3 is 5.97 Å². The summed E-state index contributed by atoms with van der Waals surface area (Å²) in [6, 6.07) is 36.6. The van der Waals surface area contributed by atoms with E-state index in [-0.39, 0.29) is 26.4 Å². The Bertz CT molecular complexity index is 1430. The summed E-state index contributed by atoms with van der Waals surface area (Å²) >= 11 is 0. The van der Waals surface area contributed by atoms with Crippen LogP contribution < -0.4 is 4.74 Å². The Morgan fingerprint density at radius 3 is 1.29 bits per heavy atom. The Balaban J connectivity index is 1.47. The van der Waals surface area contributed by atoms with Crippen molar-refractivity contribution in [2.75, 3.05) is 7.11 Å². The number of rotatable bonds is 14. The highest BCUT2D eigenvalue weighted by molar-refractivity contribution is 5.66. The molecule has 6 atom stereocenters. The van der Waals surface area contributed by atoms with Gasteiger partial charge in [0.2, 0.25) is 0 Å². The molecule has 1 aliphatic rings. The Hall–Kier alpha value is -4.05. The van der Waals surface area contributed by atoms with Gasteiger partial charge in [0.05, 0.1) is 33.5 Å². The van der Waals surface area contributed by atoms with Crippen molar-refractivity contribution < 1.29 is 38.3 Å². The van der Waals surface area contributed by atoms with Crippen LogP contribution in [-0.4, -0.2) is 54.8 Å². The highest BCUT2D eigenvalue weighted by Crippen LogP contribution is 2.34. The number of carbonyl (C=O) groups excluding carboxylic acids is 1. The highest BCUT2D eigenvalue weighted by Gasteiger charge is 2.55. The van der Waals surface area contributed by atoms with Crippen LogP contribution in [0.3, 0.4) is 0 Å². The topological polar surface area (TPSA) is 92.7 Å². The highest BCUT2D eigenvalue weighted by atomic mass is 16.6. The summed E-state index contributed by atoms with van der Waals surface area (Å²) < 4.78 is 37.0. The maximum Gasteiger partial charge on any atom is 0.303 e. The molecule has 0 unspecified atom stereocenters. The summed E-state index contributed by atoms with van der Waals surface area (Å²) in [7, 11) is 1.61. The number of ether oxygens (including phenoxy) is 6. The first-order chi connectivity index (χ1) is 22.0. The minimum absolute atomic E-state index is 0.149. The third kappa shape index (κ3) is 9.00. The normalized spacial score (nSPS) is 22.9. The van der Waals surface area contributed by atoms with E-state index < -0.39 is 42.6 Å². The Morgan fingerprint density at radius 2 is 0.889 bits per heavy atom. The predicted octanol–water partition coefficient (Wildman–Crippen LogP) is 5.64. The van der Waals surface area contributed by atoms with Crippen molar-refractivity contribution in [3.63, 3.8) is 0 Å². The molecule has 5 rings (SSSR count). The van der Waals surface area contributed by atoms with Gasteiger partial charge in [-0.3, -0.25) is 4.79 Å². The van der Waals surface area contributed by atoms with E-state index in [4.69, 9.17) is 28.4 Å². The van der Waals surface area contributed by atoms with Crippen LogP contribution in [0.15, 0.2) is 115 Å². The second-order valence-corrected chi connectivity index (χ2v) is 11.0. The van der Waals surface area contributed by atoms with Gasteiger partial charge in [-0.05, 0) is 34.4 Å². The quantitative estimate of drug-likeness (QED) is 0.183. The fourth-order valence-electron chi connectivity index (χ4n) is 5.44. The predicted molar refractivity (Wildman–Crippen MR) is 168 cm³/mol. The summed E-state index contributed by atoms with van der Waals surface area (Å²) in [6.07, 6.45) is -5.69. The molecule has 0 saturated heterocycles. The number of methoxy groups -OCH3 is 1. The number of aliphatic hydroxyl groups excluding tert-OH is 1. The Kier molecular flexibility index (Phi) is 11.7. The molecule has 0 radical (unpaired) electrons. The van der Waals surface area contributed by atoms with Crippen LogP contribution in [0.4, 0.5) is 0 Å². The SMILES string of the molecule is COc1ccc(CO[C@H]2[C@H](O)[C@@H](OCc3ccccc3)[C@H](OCc3ccccc3)[C@@H](OCc3ccccc3)[C@H]2OC(C)=O)cc1. The lowest BCUT2D eigenvalue weighted by Crippen LogP contribution is -2.67. The van der Waals surface area contributed by atoms with Crippen molar-refractivity contribution in [2.24, 2.45) is 0 Å². The molecule has 0 bridgehead atoms. The first kappa shape index (κ1) is 32.3. The van der Waals surface area contributed by atoms with E-state index >= 15 is 0 Å². The van der Waals surface area contributed by atoms with Crippen LogP contribution in [0.2, 0.25) is 0 Å². The molecule has 1 N–H and O–H groups in total. The lowest BCUT2D eigenvalue weighted by molar-refractivity contribution is -0.276. The Morgan fingerprint density at radius 1 is 0.533 bits per heavy atom. The van der Waals surface area contributed by atoms with Gasteiger partial charge in [-0.1, -0.05) is 103 Å². The maximum atomic E-state index is 12.5. The molecule has 0 aliphatic heterocycles. The van der Waals surface area contributed by atoms with Crippen LogP contribution in [0.5, 0.6) is 5.75 Å². The molecular weight excluding hydrogens is 572 g/mol. The third-order valence-corrected chi connectivity index (χ3v) is 7.73. The molecule has 0 aromatic heterocycles. The molecule has 0 heterocycles. The fourth-order valence-corrected chi connectivity index (χ4v) is 5.44. The molecule has 1 fully saturated rings. The van der Waals surface area contributed by atoms with E-state index in [1.807, 2.05) is 115 Å². The average Bonchev–Trinajstić information content (AvgIpc) is 3.07. The van der Waals surface area contributed by atoms with E-state index in [0.29, 0.717) is 0 Å². The first-order valence-electron chi connectivity index (χ1n) is 15.1. The molecule has 4 aromatic rings. The molecule has 4 aromatic carbocycles. The van der Waals surface area contributed by atoms with Gasteiger partial charge < -0.3 is 33.5 Å². The monoisotopic (exact) mass is 612 g/mol. The largest absolute Gasteiger partial charge is 0.497 e. The molecule has 0 spiro atoms. The van der Waals surface area contributed by atoms with Gasteiger partial charge in [-0.25, -0.2) is 0 Å². The second kappa shape index (κ2) is 16.3. The number of aliphatic hydroxyl groups is 1. The smallest absolute Gasteiger partial charge is 0.303 e. The zero-order chi connectivity index (χ0) is 31.4. The van der Waals surface area contributed by atoms with Gasteiger partial charge in [-0.2, -0.15) is 0 Å². The maximum absolute atomic E-state index is 12.5. The fraction of sp³-hybridized carbons (Fsp3) is 0.324. The van der Waals surface area contributed by atoms with Crippen molar-refractivity contribution in [3.8, 4) is 5.75 Å². The van der Waals surface area contributed by atoms with Gasteiger partial charge in [-0.15, -0.1) is 0 Å². The van der Waals surface area contributed by atoms with Crippen molar-refractivity contribution in [1.82, 2.24) is 0 Å². The second-order valence-electron chi connectivity index (χ2n) is 11.0. The summed E-state index contributed by atoms with van der Waals surface area (Å²) in [5.74, 6) is 0.195. The van der Waals surface area contributed by atoms with Crippen molar-refractivity contribution in [3.05, 3.63) is 138 Å². The van der Waals surface area contributed by atoms with E-state index in [2.05, 4.69) is 0 Å². The molecule has 8 nitrogen and oxygen atoms in total. The van der Waals surface area contributed by atoms with E-state index in [9.17, 15) is 9.90 Å². The van der Waals surface area contributed by atoms with Crippen molar-refractivity contribution >= 4 is 5.97 Å². The van der Waals surface area contributed by atoms with E-state index in [1.54, 1.807) is 7.11 Å². The number of esters is 1. The summed E-state index contributed by atoms with van der Waals surface area (Å²) in [4.78, 5) is 12.5. The number of hydrogen-bond acceptors (Lipinski definition) is 8. The number of benzene rings is 4. The summed E-state index contributed by atoms with van der Waals surface area (Å²) in [6.45, 7) is 2.16. The van der Waals surface area contributed by atoms with Crippen LogP contribution in [-0.2, 0) is 54.9 Å². The molecule has 45 heavy (non-hydrogen) atoms. The van der Waals surface area contributed by atoms with Crippen LogP contribution in [0.25, 0.3) is 0 Å². The Labute approximate surface area is 264 Å². The van der Waals surface area contributed by atoms with E-state index in [1.165, 1.54) is 6.92 Å². The molecular formula is C37H40O8. The standard InChI is InChI=1S/C37H40O8/c1-26(38)45-37-34(42-25-30-18-20-31(40-2)21-19-30)32(39)33(41-22-27-12-6-3-7-13-27)35(43-23-28-14-8-4-9-15-28)36(37)44-24-29-16-10-5-11-17-29/h3-21,32-37,39H,22-25H2,1-2H3/t32-,33-,34+,35+,36-,37+/m1/s1. The van der Waals surface area contributed by atoms with Gasteiger partial charge in [0.25, 0.3) is 0 Å². The van der Waals surface area contributed by atoms with E-state index in [0.717, 1.165) is 28.0 Å². The van der Waals surface area contributed by atoms with Crippen LogP contribution in [0, 0.1) is 0 Å². The minimum Gasteiger partial charge on any atom is -0.497 e. The average molecular weight is 613 g/mol. The van der Waals surface area contributed by atoms with Crippen LogP contribution >= 0.6 is 0 Å². The lowest BCUT2D eigenvalue weighted by atomic mass is 9.83. The molecule has 1 saturated carbocycles. The zero-order valence-electron chi connectivity index (χ0n) is 25.6. The summed E-state index contributed by atoms with van der Waals surface area (Å²) in [5, 5.41) is 11.9. The first-order valence-corrected chi connectivity index (χ1v) is 15.1. The van der Waals surface area contributed by atoms with Gasteiger partial charge in [0.15, 0.2) is 6.10 Å². The number of hydrogen-bond donors (Lipinski definition) is 1. The lowest BCUT2D eigenvalue weighted by Gasteiger charge is -2.48. The summed E-state index contributed by atoms with van der Waals surface area (Å²) in [5.41, 5.74) is 3.67. The van der Waals surface area contributed by atoms with Crippen molar-refractivity contribution in [2.45, 2.75) is 70.0 Å². The minimum atomic E-state index is -1.21.